The molecule has 0 aliphatic carbocycles. The lowest BCUT2D eigenvalue weighted by molar-refractivity contribution is -0.147. The number of carboxylic acid groups (broad SMARTS) is 1. The zero-order valence-corrected chi connectivity index (χ0v) is 10.2. The molecule has 17 heavy (non-hydrogen) atoms. The van der Waals surface area contributed by atoms with Crippen molar-refractivity contribution in [1.29, 1.82) is 0 Å². The first-order valence-electron chi connectivity index (χ1n) is 4.72. The molecule has 0 saturated heterocycles. The first-order valence-corrected chi connectivity index (χ1v) is 5.63. The lowest BCUT2D eigenvalue weighted by atomic mass is 9.98. The summed E-state index contributed by atoms with van der Waals surface area (Å²) in [5.74, 6) is -1.81. The van der Waals surface area contributed by atoms with Crippen molar-refractivity contribution >= 4 is 35.0 Å². The number of halogens is 2. The molecule has 0 aromatic heterocycles. The Bertz CT molecular complexity index is 445. The standard InChI is InChI=1S/C11H10Cl2O4/c12-5-8(14)3-6-1-2-7(13)4-9(6)10(15)11(16)17/h1-2,4,10,15H,3,5H2,(H,16,17). The molecule has 1 aromatic carbocycles. The molecule has 0 saturated carbocycles. The van der Waals surface area contributed by atoms with Crippen molar-refractivity contribution in [2.75, 3.05) is 5.88 Å². The minimum absolute atomic E-state index is 0.0274. The summed E-state index contributed by atoms with van der Waals surface area (Å²) in [6.07, 6.45) is -1.73. The first-order chi connectivity index (χ1) is 7.95. The number of aliphatic hydroxyl groups excluding tert-OH is 1. The van der Waals surface area contributed by atoms with Gasteiger partial charge in [-0.15, -0.1) is 11.6 Å². The second kappa shape index (κ2) is 6.00. The van der Waals surface area contributed by atoms with Crippen LogP contribution in [-0.4, -0.2) is 27.8 Å². The molecule has 0 amide bonds. The summed E-state index contributed by atoms with van der Waals surface area (Å²) in [7, 11) is 0. The van der Waals surface area contributed by atoms with E-state index >= 15 is 0 Å². The van der Waals surface area contributed by atoms with Gasteiger partial charge in [-0.05, 0) is 23.3 Å². The molecule has 92 valence electrons. The first kappa shape index (κ1) is 14.0. The van der Waals surface area contributed by atoms with Crippen molar-refractivity contribution in [3.05, 3.63) is 34.3 Å². The number of benzene rings is 1. The lowest BCUT2D eigenvalue weighted by Gasteiger charge is -2.12. The van der Waals surface area contributed by atoms with Crippen molar-refractivity contribution < 1.29 is 19.8 Å². The predicted molar refractivity (Wildman–Crippen MR) is 63.5 cm³/mol. The molecular weight excluding hydrogens is 267 g/mol. The van der Waals surface area contributed by atoms with Crippen LogP contribution >= 0.6 is 23.2 Å². The molecule has 0 heterocycles. The monoisotopic (exact) mass is 276 g/mol. The van der Waals surface area contributed by atoms with Crippen LogP contribution in [0.5, 0.6) is 0 Å². The molecule has 0 aliphatic heterocycles. The molecule has 4 nitrogen and oxygen atoms in total. The number of alkyl halides is 1. The Morgan fingerprint density at radius 3 is 2.53 bits per heavy atom. The molecule has 1 unspecified atom stereocenters. The van der Waals surface area contributed by atoms with Gasteiger partial charge in [0.1, 0.15) is 0 Å². The average Bonchev–Trinajstić information content (AvgIpc) is 2.30. The van der Waals surface area contributed by atoms with Gasteiger partial charge in [0.2, 0.25) is 0 Å². The van der Waals surface area contributed by atoms with E-state index in [-0.39, 0.29) is 23.6 Å². The SMILES string of the molecule is O=C(CCl)Cc1ccc(Cl)cc1C(O)C(=O)O. The molecule has 0 radical (unpaired) electrons. The van der Waals surface area contributed by atoms with E-state index < -0.39 is 12.1 Å². The van der Waals surface area contributed by atoms with E-state index in [0.717, 1.165) is 0 Å². The van der Waals surface area contributed by atoms with Crippen molar-refractivity contribution in [3.63, 3.8) is 0 Å². The van der Waals surface area contributed by atoms with Crippen LogP contribution in [0, 0.1) is 0 Å². The highest BCUT2D eigenvalue weighted by Gasteiger charge is 2.20. The van der Waals surface area contributed by atoms with E-state index in [0.29, 0.717) is 10.6 Å². The molecule has 1 atom stereocenters. The number of hydrogen-bond donors (Lipinski definition) is 2. The molecular formula is C11H10Cl2O4. The van der Waals surface area contributed by atoms with Crippen molar-refractivity contribution in [1.82, 2.24) is 0 Å². The molecule has 6 heteroatoms. The van der Waals surface area contributed by atoms with Gasteiger partial charge in [-0.2, -0.15) is 0 Å². The van der Waals surface area contributed by atoms with Gasteiger partial charge in [-0.25, -0.2) is 4.79 Å². The number of aliphatic hydroxyl groups is 1. The Morgan fingerprint density at radius 2 is 2.00 bits per heavy atom. The second-order valence-electron chi connectivity index (χ2n) is 3.43. The maximum absolute atomic E-state index is 11.2. The van der Waals surface area contributed by atoms with Gasteiger partial charge in [-0.3, -0.25) is 4.79 Å². The summed E-state index contributed by atoms with van der Waals surface area (Å²) < 4.78 is 0. The molecule has 0 aliphatic rings. The summed E-state index contributed by atoms with van der Waals surface area (Å²) in [5, 5.41) is 18.5. The molecule has 0 bridgehead atoms. The number of hydrogen-bond acceptors (Lipinski definition) is 3. The van der Waals surface area contributed by atoms with Gasteiger partial charge >= 0.3 is 5.97 Å². The van der Waals surface area contributed by atoms with E-state index in [1.54, 1.807) is 0 Å². The normalized spacial score (nSPS) is 12.2. The number of carboxylic acids is 1. The predicted octanol–water partition coefficient (Wildman–Crippen LogP) is 1.81. The number of ketones is 1. The Morgan fingerprint density at radius 1 is 1.35 bits per heavy atom. The number of rotatable bonds is 5. The van der Waals surface area contributed by atoms with Gasteiger partial charge in [0.05, 0.1) is 5.88 Å². The smallest absolute Gasteiger partial charge is 0.337 e. The third-order valence-electron chi connectivity index (χ3n) is 2.17. The van der Waals surface area contributed by atoms with E-state index in [9.17, 15) is 14.7 Å². The number of aliphatic carboxylic acids is 1. The van der Waals surface area contributed by atoms with Crippen LogP contribution in [0.4, 0.5) is 0 Å². The van der Waals surface area contributed by atoms with Crippen LogP contribution in [0.2, 0.25) is 5.02 Å². The van der Waals surface area contributed by atoms with Gasteiger partial charge in [0.25, 0.3) is 0 Å². The molecule has 0 fully saturated rings. The highest BCUT2D eigenvalue weighted by molar-refractivity contribution is 6.30. The Kier molecular flexibility index (Phi) is 4.93. The van der Waals surface area contributed by atoms with E-state index in [1.807, 2.05) is 0 Å². The van der Waals surface area contributed by atoms with Crippen LogP contribution in [0.25, 0.3) is 0 Å². The minimum atomic E-state index is -1.70. The molecule has 2 N–H and O–H groups in total. The molecule has 1 rings (SSSR count). The fourth-order valence-corrected chi connectivity index (χ4v) is 1.65. The summed E-state index contributed by atoms with van der Waals surface area (Å²) in [5.41, 5.74) is 0.526. The van der Waals surface area contributed by atoms with Crippen LogP contribution in [-0.2, 0) is 16.0 Å². The highest BCUT2D eigenvalue weighted by Crippen LogP contribution is 2.23. The van der Waals surface area contributed by atoms with Gasteiger partial charge in [0, 0.05) is 11.4 Å². The number of carbonyl (C=O) groups is 2. The van der Waals surface area contributed by atoms with Crippen molar-refractivity contribution in [2.24, 2.45) is 0 Å². The third-order valence-corrected chi connectivity index (χ3v) is 2.71. The Labute approximate surface area is 108 Å². The zero-order valence-electron chi connectivity index (χ0n) is 8.69. The summed E-state index contributed by atoms with van der Waals surface area (Å²) in [6.45, 7) is 0. The Hall–Kier alpha value is -1.10. The fourth-order valence-electron chi connectivity index (χ4n) is 1.37. The zero-order chi connectivity index (χ0) is 13.0. The quantitative estimate of drug-likeness (QED) is 0.805. The molecule has 1 aromatic rings. The summed E-state index contributed by atoms with van der Waals surface area (Å²) in [6, 6.07) is 4.36. The van der Waals surface area contributed by atoms with Crippen LogP contribution in [0.3, 0.4) is 0 Å². The lowest BCUT2D eigenvalue weighted by Crippen LogP contribution is -2.15. The van der Waals surface area contributed by atoms with E-state index in [2.05, 4.69) is 0 Å². The average molecular weight is 277 g/mol. The highest BCUT2D eigenvalue weighted by atomic mass is 35.5. The van der Waals surface area contributed by atoms with Crippen molar-refractivity contribution in [2.45, 2.75) is 12.5 Å². The minimum Gasteiger partial charge on any atom is -0.479 e. The van der Waals surface area contributed by atoms with Crippen LogP contribution in [0.15, 0.2) is 18.2 Å². The largest absolute Gasteiger partial charge is 0.479 e. The maximum Gasteiger partial charge on any atom is 0.337 e. The van der Waals surface area contributed by atoms with Crippen LogP contribution in [0.1, 0.15) is 17.2 Å². The van der Waals surface area contributed by atoms with E-state index in [4.69, 9.17) is 28.3 Å². The summed E-state index contributed by atoms with van der Waals surface area (Å²) >= 11 is 11.1. The van der Waals surface area contributed by atoms with Gasteiger partial charge in [-0.1, -0.05) is 17.7 Å². The topological polar surface area (TPSA) is 74.6 Å². The number of Topliss-reactive ketones (excluding diaryl/α,β-unsaturated/α-hetero) is 1. The maximum atomic E-state index is 11.2. The summed E-state index contributed by atoms with van der Waals surface area (Å²) in [4.78, 5) is 21.9. The van der Waals surface area contributed by atoms with Gasteiger partial charge < -0.3 is 10.2 Å². The molecule has 0 spiro atoms. The van der Waals surface area contributed by atoms with Crippen LogP contribution < -0.4 is 0 Å². The number of carbonyl (C=O) groups excluding carboxylic acids is 1. The second-order valence-corrected chi connectivity index (χ2v) is 4.14. The van der Waals surface area contributed by atoms with Gasteiger partial charge in [0.15, 0.2) is 11.9 Å². The fraction of sp³-hybridized carbons (Fsp3) is 0.273. The Balaban J connectivity index is 3.12. The third kappa shape index (κ3) is 3.70. The van der Waals surface area contributed by atoms with E-state index in [1.165, 1.54) is 18.2 Å². The van der Waals surface area contributed by atoms with Crippen molar-refractivity contribution in [3.8, 4) is 0 Å².